The normalized spacial score (nSPS) is 12.9. The molecule has 0 fully saturated rings. The Kier molecular flexibility index (Phi) is 4.96. The fraction of sp³-hybridized carbons (Fsp3) is 0.364. The lowest BCUT2D eigenvalue weighted by molar-refractivity contribution is 0.559. The number of aromatic nitrogens is 1. The first-order valence-electron chi connectivity index (χ1n) is 5.35. The van der Waals surface area contributed by atoms with Crippen LogP contribution in [-0.2, 0) is 6.42 Å². The summed E-state index contributed by atoms with van der Waals surface area (Å²) < 4.78 is 2.15. The van der Waals surface area contributed by atoms with Gasteiger partial charge in [0.1, 0.15) is 0 Å². The third kappa shape index (κ3) is 3.20. The molecule has 2 aromatic rings. The molecule has 7 heteroatoms. The largest absolute Gasteiger partial charge is 0.271 e. The number of nitrogens with two attached hydrogens (primary N) is 1. The summed E-state index contributed by atoms with van der Waals surface area (Å²) in [5.74, 6) is 5.66. The number of halogens is 2. The number of hydrogen-bond donors (Lipinski definition) is 2. The number of thiophene rings is 1. The Bertz CT molecular complexity index is 511. The van der Waals surface area contributed by atoms with E-state index in [1.165, 1.54) is 9.75 Å². The van der Waals surface area contributed by atoms with Gasteiger partial charge in [-0.2, -0.15) is 0 Å². The fourth-order valence-electron chi connectivity index (χ4n) is 1.58. The first kappa shape index (κ1) is 14.6. The Balaban J connectivity index is 2.19. The molecule has 3 N–H and O–H groups in total. The number of rotatable bonds is 4. The molecule has 3 nitrogen and oxygen atoms in total. The van der Waals surface area contributed by atoms with Crippen LogP contribution < -0.4 is 11.3 Å². The third-order valence-corrected chi connectivity index (χ3v) is 7.13. The Morgan fingerprint density at radius 2 is 2.11 bits per heavy atom. The minimum absolute atomic E-state index is 0.0996. The van der Waals surface area contributed by atoms with Crippen LogP contribution in [0.5, 0.6) is 0 Å². The lowest BCUT2D eigenvalue weighted by atomic mass is 10.2. The van der Waals surface area contributed by atoms with Gasteiger partial charge in [-0.05, 0) is 51.8 Å². The van der Waals surface area contributed by atoms with Crippen LogP contribution >= 0.6 is 54.5 Å². The number of hydrazine groups is 1. The molecule has 98 valence electrons. The van der Waals surface area contributed by atoms with Crippen LogP contribution in [0, 0.1) is 13.8 Å². The summed E-state index contributed by atoms with van der Waals surface area (Å²) in [6.07, 6.45) is 0.815. The van der Waals surface area contributed by atoms with Crippen molar-refractivity contribution in [3.8, 4) is 0 Å². The lowest BCUT2D eigenvalue weighted by Gasteiger charge is -2.11. The van der Waals surface area contributed by atoms with E-state index in [2.05, 4.69) is 55.3 Å². The van der Waals surface area contributed by atoms with Crippen LogP contribution in [0.1, 0.15) is 26.5 Å². The highest BCUT2D eigenvalue weighted by Crippen LogP contribution is 2.36. The van der Waals surface area contributed by atoms with E-state index in [-0.39, 0.29) is 6.04 Å². The molecule has 0 radical (unpaired) electrons. The van der Waals surface area contributed by atoms with Gasteiger partial charge in [0.15, 0.2) is 0 Å². The zero-order chi connectivity index (χ0) is 13.3. The van der Waals surface area contributed by atoms with E-state index in [0.717, 1.165) is 25.4 Å². The maximum absolute atomic E-state index is 5.66. The van der Waals surface area contributed by atoms with Crippen LogP contribution in [0.2, 0.25) is 0 Å². The molecule has 0 aromatic carbocycles. The maximum atomic E-state index is 5.66. The molecule has 0 aliphatic rings. The van der Waals surface area contributed by atoms with Crippen molar-refractivity contribution in [2.24, 2.45) is 5.84 Å². The highest BCUT2D eigenvalue weighted by molar-refractivity contribution is 9.13. The number of nitrogens with one attached hydrogen (secondary N) is 1. The molecule has 0 bridgehead atoms. The van der Waals surface area contributed by atoms with Crippen molar-refractivity contribution in [3.63, 3.8) is 0 Å². The molecule has 1 unspecified atom stereocenters. The molecular formula is C11H13Br2N3S2. The van der Waals surface area contributed by atoms with E-state index in [1.807, 2.05) is 6.92 Å². The van der Waals surface area contributed by atoms with Crippen LogP contribution in [0.15, 0.2) is 14.3 Å². The predicted molar refractivity (Wildman–Crippen MR) is 85.1 cm³/mol. The van der Waals surface area contributed by atoms with Gasteiger partial charge in [0, 0.05) is 20.6 Å². The van der Waals surface area contributed by atoms with Crippen LogP contribution in [0.25, 0.3) is 0 Å². The topological polar surface area (TPSA) is 50.9 Å². The zero-order valence-electron chi connectivity index (χ0n) is 9.96. The van der Waals surface area contributed by atoms with Gasteiger partial charge in [0.05, 0.1) is 20.5 Å². The molecule has 0 saturated heterocycles. The molecule has 0 aliphatic carbocycles. The Morgan fingerprint density at radius 3 is 2.56 bits per heavy atom. The first-order valence-corrected chi connectivity index (χ1v) is 8.57. The smallest absolute Gasteiger partial charge is 0.0950 e. The number of nitrogens with zero attached hydrogens (tertiary/aromatic N) is 1. The van der Waals surface area contributed by atoms with Crippen molar-refractivity contribution in [2.45, 2.75) is 26.3 Å². The van der Waals surface area contributed by atoms with Gasteiger partial charge in [-0.1, -0.05) is 0 Å². The average molecular weight is 411 g/mol. The summed E-state index contributed by atoms with van der Waals surface area (Å²) in [6, 6.07) is 2.19. The highest BCUT2D eigenvalue weighted by Gasteiger charge is 2.17. The lowest BCUT2D eigenvalue weighted by Crippen LogP contribution is -2.28. The van der Waals surface area contributed by atoms with Gasteiger partial charge in [0.2, 0.25) is 0 Å². The van der Waals surface area contributed by atoms with Crippen LogP contribution in [-0.4, -0.2) is 4.98 Å². The van der Waals surface area contributed by atoms with Gasteiger partial charge in [-0.15, -0.1) is 22.7 Å². The maximum Gasteiger partial charge on any atom is 0.0950 e. The van der Waals surface area contributed by atoms with E-state index >= 15 is 0 Å². The molecule has 0 amide bonds. The fourth-order valence-corrected chi connectivity index (χ4v) is 4.71. The zero-order valence-corrected chi connectivity index (χ0v) is 14.8. The van der Waals surface area contributed by atoms with Crippen molar-refractivity contribution < 1.29 is 0 Å². The van der Waals surface area contributed by atoms with Crippen LogP contribution in [0.4, 0.5) is 0 Å². The van der Waals surface area contributed by atoms with Crippen molar-refractivity contribution in [1.29, 1.82) is 0 Å². The van der Waals surface area contributed by atoms with Gasteiger partial charge < -0.3 is 0 Å². The highest BCUT2D eigenvalue weighted by atomic mass is 79.9. The third-order valence-electron chi connectivity index (χ3n) is 2.66. The minimum atomic E-state index is 0.0996. The number of aryl methyl sites for hydroxylation is 2. The summed E-state index contributed by atoms with van der Waals surface area (Å²) in [7, 11) is 0. The average Bonchev–Trinajstić information content (AvgIpc) is 2.80. The minimum Gasteiger partial charge on any atom is -0.271 e. The molecule has 1 atom stereocenters. The standard InChI is InChI=1S/C11H13Br2N3S2/c1-5-6(2)17-10(15-5)4-8(16-14)9-3-7(12)11(13)18-9/h3,8,16H,4,14H2,1-2H3. The van der Waals surface area contributed by atoms with Crippen molar-refractivity contribution in [3.05, 3.63) is 34.8 Å². The summed E-state index contributed by atoms with van der Waals surface area (Å²) >= 11 is 10.4. The molecular weight excluding hydrogens is 398 g/mol. The second-order valence-electron chi connectivity index (χ2n) is 3.94. The Morgan fingerprint density at radius 1 is 1.39 bits per heavy atom. The molecule has 0 spiro atoms. The SMILES string of the molecule is Cc1nc(CC(NN)c2cc(Br)c(Br)s2)sc1C. The second kappa shape index (κ2) is 6.11. The molecule has 2 heterocycles. The quantitative estimate of drug-likeness (QED) is 0.589. The second-order valence-corrected chi connectivity index (χ2v) is 8.49. The van der Waals surface area contributed by atoms with E-state index in [9.17, 15) is 0 Å². The van der Waals surface area contributed by atoms with Gasteiger partial charge in [0.25, 0.3) is 0 Å². The van der Waals surface area contributed by atoms with Crippen molar-refractivity contribution in [1.82, 2.24) is 10.4 Å². The van der Waals surface area contributed by atoms with Gasteiger partial charge >= 0.3 is 0 Å². The Labute approximate surface area is 131 Å². The predicted octanol–water partition coefficient (Wildman–Crippen LogP) is 4.09. The summed E-state index contributed by atoms with van der Waals surface area (Å²) in [5.41, 5.74) is 3.98. The van der Waals surface area contributed by atoms with Gasteiger partial charge in [-0.25, -0.2) is 4.98 Å². The summed E-state index contributed by atoms with van der Waals surface area (Å²) in [5, 5.41) is 1.12. The van der Waals surface area contributed by atoms with E-state index in [4.69, 9.17) is 5.84 Å². The van der Waals surface area contributed by atoms with Crippen molar-refractivity contribution in [2.75, 3.05) is 0 Å². The number of thiazole rings is 1. The first-order chi connectivity index (χ1) is 8.51. The van der Waals surface area contributed by atoms with Crippen LogP contribution in [0.3, 0.4) is 0 Å². The van der Waals surface area contributed by atoms with E-state index in [1.54, 1.807) is 22.7 Å². The molecule has 2 aromatic heterocycles. The molecule has 18 heavy (non-hydrogen) atoms. The molecule has 2 rings (SSSR count). The molecule has 0 saturated carbocycles. The summed E-state index contributed by atoms with van der Waals surface area (Å²) in [6.45, 7) is 4.14. The monoisotopic (exact) mass is 409 g/mol. The van der Waals surface area contributed by atoms with Crippen molar-refractivity contribution >= 4 is 54.5 Å². The van der Waals surface area contributed by atoms with Gasteiger partial charge in [-0.3, -0.25) is 11.3 Å². The number of hydrogen-bond acceptors (Lipinski definition) is 5. The van der Waals surface area contributed by atoms with E-state index < -0.39 is 0 Å². The van der Waals surface area contributed by atoms with E-state index in [0.29, 0.717) is 0 Å². The molecule has 0 aliphatic heterocycles. The summed E-state index contributed by atoms with van der Waals surface area (Å²) in [4.78, 5) is 7.03. The Hall–Kier alpha value is 0.210.